The third-order valence-electron chi connectivity index (χ3n) is 3.35. The van der Waals surface area contributed by atoms with Crippen LogP contribution in [0, 0.1) is 0 Å². The molecule has 2 N–H and O–H groups in total. The van der Waals surface area contributed by atoms with Gasteiger partial charge in [0.1, 0.15) is 11.4 Å². The Hall–Kier alpha value is -1.55. The summed E-state index contributed by atoms with van der Waals surface area (Å²) in [6, 6.07) is 4.07. The summed E-state index contributed by atoms with van der Waals surface area (Å²) in [7, 11) is 0. The number of piperidine rings is 1. The van der Waals surface area contributed by atoms with Crippen LogP contribution in [0.1, 0.15) is 25.0 Å². The van der Waals surface area contributed by atoms with Gasteiger partial charge in [-0.2, -0.15) is 0 Å². The quantitative estimate of drug-likeness (QED) is 0.827. The smallest absolute Gasteiger partial charge is 0.137 e. The van der Waals surface area contributed by atoms with Crippen LogP contribution < -0.4 is 5.32 Å². The number of imidazole rings is 1. The molecule has 0 spiro atoms. The molecule has 2 aromatic heterocycles. The number of hydrogen-bond acceptors (Lipinski definition) is 3. The summed E-state index contributed by atoms with van der Waals surface area (Å²) in [5.74, 6) is 0.275. The Balaban J connectivity index is 1.80. The molecule has 2 aromatic rings. The van der Waals surface area contributed by atoms with Crippen molar-refractivity contribution in [3.63, 3.8) is 0 Å². The summed E-state index contributed by atoms with van der Waals surface area (Å²) in [4.78, 5) is 4.56. The molecule has 1 aliphatic rings. The molecule has 1 unspecified atom stereocenters. The minimum Gasteiger partial charge on any atom is -0.506 e. The van der Waals surface area contributed by atoms with E-state index < -0.39 is 0 Å². The molecule has 3 heterocycles. The normalized spacial score (nSPS) is 20.8. The van der Waals surface area contributed by atoms with E-state index in [1.165, 1.54) is 19.3 Å². The molecule has 1 saturated heterocycles. The molecule has 1 aliphatic heterocycles. The molecule has 1 atom stereocenters. The second kappa shape index (κ2) is 4.37. The molecular weight excluding hydrogens is 214 g/mol. The van der Waals surface area contributed by atoms with E-state index >= 15 is 0 Å². The van der Waals surface area contributed by atoms with E-state index in [-0.39, 0.29) is 5.75 Å². The molecule has 3 rings (SSSR count). The van der Waals surface area contributed by atoms with Gasteiger partial charge >= 0.3 is 0 Å². The number of fused-ring (bicyclic) bond motifs is 1. The highest BCUT2D eigenvalue weighted by Gasteiger charge is 2.14. The summed E-state index contributed by atoms with van der Waals surface area (Å²) in [5.41, 5.74) is 1.99. The average Bonchev–Trinajstić information content (AvgIpc) is 2.71. The lowest BCUT2D eigenvalue weighted by Gasteiger charge is -2.22. The molecule has 0 saturated carbocycles. The Kier molecular flexibility index (Phi) is 2.73. The Morgan fingerprint density at radius 3 is 3.12 bits per heavy atom. The standard InChI is InChI=1S/C13H17N3O/c17-12-4-5-13-15-11(8-16(13)9-12)7-10-3-1-2-6-14-10/h4-5,8-10,14,17H,1-3,6-7H2. The van der Waals surface area contributed by atoms with E-state index in [9.17, 15) is 5.11 Å². The largest absolute Gasteiger partial charge is 0.506 e. The number of aromatic hydroxyl groups is 1. The molecule has 17 heavy (non-hydrogen) atoms. The van der Waals surface area contributed by atoms with Gasteiger partial charge < -0.3 is 14.8 Å². The number of hydrogen-bond donors (Lipinski definition) is 2. The van der Waals surface area contributed by atoms with Gasteiger partial charge in [-0.15, -0.1) is 0 Å². The first-order chi connectivity index (χ1) is 8.31. The van der Waals surface area contributed by atoms with Crippen molar-refractivity contribution in [1.82, 2.24) is 14.7 Å². The summed E-state index contributed by atoms with van der Waals surface area (Å²) < 4.78 is 1.88. The fourth-order valence-electron chi connectivity index (χ4n) is 2.48. The lowest BCUT2D eigenvalue weighted by molar-refractivity contribution is 0.397. The fourth-order valence-corrected chi connectivity index (χ4v) is 2.48. The van der Waals surface area contributed by atoms with Crippen molar-refractivity contribution in [3.8, 4) is 5.75 Å². The van der Waals surface area contributed by atoms with Gasteiger partial charge in [0, 0.05) is 18.7 Å². The van der Waals surface area contributed by atoms with Crippen LogP contribution in [-0.2, 0) is 6.42 Å². The van der Waals surface area contributed by atoms with Crippen molar-refractivity contribution in [2.45, 2.75) is 31.7 Å². The minimum absolute atomic E-state index is 0.275. The van der Waals surface area contributed by atoms with Gasteiger partial charge in [-0.25, -0.2) is 4.98 Å². The van der Waals surface area contributed by atoms with Crippen LogP contribution in [0.2, 0.25) is 0 Å². The van der Waals surface area contributed by atoms with Crippen molar-refractivity contribution in [2.75, 3.05) is 6.54 Å². The van der Waals surface area contributed by atoms with Crippen molar-refractivity contribution >= 4 is 5.65 Å². The lowest BCUT2D eigenvalue weighted by atomic mass is 10.0. The maximum Gasteiger partial charge on any atom is 0.137 e. The Labute approximate surface area is 100 Å². The highest BCUT2D eigenvalue weighted by Crippen LogP contribution is 2.15. The Morgan fingerprint density at radius 2 is 2.29 bits per heavy atom. The van der Waals surface area contributed by atoms with Crippen LogP contribution in [0.4, 0.5) is 0 Å². The molecular formula is C13H17N3O. The SMILES string of the molecule is Oc1ccc2nc(CC3CCCCN3)cn2c1. The fraction of sp³-hybridized carbons (Fsp3) is 0.462. The van der Waals surface area contributed by atoms with Crippen LogP contribution in [-0.4, -0.2) is 27.1 Å². The van der Waals surface area contributed by atoms with E-state index in [1.807, 2.05) is 16.7 Å². The molecule has 0 bridgehead atoms. The highest BCUT2D eigenvalue weighted by molar-refractivity contribution is 5.42. The van der Waals surface area contributed by atoms with Crippen molar-refractivity contribution < 1.29 is 5.11 Å². The molecule has 4 heteroatoms. The first kappa shape index (κ1) is 10.6. The van der Waals surface area contributed by atoms with Gasteiger partial charge in [-0.3, -0.25) is 0 Å². The molecule has 4 nitrogen and oxygen atoms in total. The second-order valence-corrected chi connectivity index (χ2v) is 4.74. The molecule has 0 amide bonds. The minimum atomic E-state index is 0.275. The zero-order chi connectivity index (χ0) is 11.7. The van der Waals surface area contributed by atoms with Gasteiger partial charge in [-0.1, -0.05) is 6.42 Å². The molecule has 90 valence electrons. The van der Waals surface area contributed by atoms with Crippen LogP contribution in [0.25, 0.3) is 5.65 Å². The zero-order valence-electron chi connectivity index (χ0n) is 9.76. The predicted octanol–water partition coefficient (Wildman–Crippen LogP) is 1.72. The van der Waals surface area contributed by atoms with E-state index in [0.717, 1.165) is 24.3 Å². The molecule has 0 radical (unpaired) electrons. The van der Waals surface area contributed by atoms with Crippen LogP contribution in [0.3, 0.4) is 0 Å². The summed E-state index contributed by atoms with van der Waals surface area (Å²) in [6.45, 7) is 1.12. The maximum absolute atomic E-state index is 9.40. The van der Waals surface area contributed by atoms with Crippen molar-refractivity contribution in [3.05, 3.63) is 30.2 Å². The number of rotatable bonds is 2. The summed E-state index contributed by atoms with van der Waals surface area (Å²) in [5, 5.41) is 12.9. The third kappa shape index (κ3) is 2.26. The topological polar surface area (TPSA) is 49.6 Å². The van der Waals surface area contributed by atoms with Gasteiger partial charge in [-0.05, 0) is 31.5 Å². The van der Waals surface area contributed by atoms with Gasteiger partial charge in [0.05, 0.1) is 11.9 Å². The first-order valence-corrected chi connectivity index (χ1v) is 6.21. The van der Waals surface area contributed by atoms with Gasteiger partial charge in [0.2, 0.25) is 0 Å². The van der Waals surface area contributed by atoms with Crippen LogP contribution in [0.5, 0.6) is 5.75 Å². The number of pyridine rings is 1. The molecule has 1 fully saturated rings. The molecule has 0 aromatic carbocycles. The second-order valence-electron chi connectivity index (χ2n) is 4.74. The van der Waals surface area contributed by atoms with Crippen LogP contribution in [0.15, 0.2) is 24.5 Å². The zero-order valence-corrected chi connectivity index (χ0v) is 9.76. The third-order valence-corrected chi connectivity index (χ3v) is 3.35. The van der Waals surface area contributed by atoms with Crippen LogP contribution >= 0.6 is 0 Å². The number of nitrogens with zero attached hydrogens (tertiary/aromatic N) is 2. The molecule has 0 aliphatic carbocycles. The number of nitrogens with one attached hydrogen (secondary N) is 1. The van der Waals surface area contributed by atoms with E-state index in [2.05, 4.69) is 10.3 Å². The van der Waals surface area contributed by atoms with E-state index in [0.29, 0.717) is 6.04 Å². The predicted molar refractivity (Wildman–Crippen MR) is 66.2 cm³/mol. The van der Waals surface area contributed by atoms with Gasteiger partial charge in [0.15, 0.2) is 0 Å². The average molecular weight is 231 g/mol. The number of aromatic nitrogens is 2. The van der Waals surface area contributed by atoms with E-state index in [4.69, 9.17) is 0 Å². The lowest BCUT2D eigenvalue weighted by Crippen LogP contribution is -2.35. The highest BCUT2D eigenvalue weighted by atomic mass is 16.3. The maximum atomic E-state index is 9.40. The monoisotopic (exact) mass is 231 g/mol. The first-order valence-electron chi connectivity index (χ1n) is 6.21. The summed E-state index contributed by atoms with van der Waals surface area (Å²) in [6.07, 6.45) is 8.51. The summed E-state index contributed by atoms with van der Waals surface area (Å²) >= 11 is 0. The Bertz CT molecular complexity index is 514. The van der Waals surface area contributed by atoms with Crippen molar-refractivity contribution in [2.24, 2.45) is 0 Å². The van der Waals surface area contributed by atoms with Crippen molar-refractivity contribution in [1.29, 1.82) is 0 Å². The van der Waals surface area contributed by atoms with Gasteiger partial charge in [0.25, 0.3) is 0 Å². The van der Waals surface area contributed by atoms with E-state index in [1.54, 1.807) is 12.3 Å². The Morgan fingerprint density at radius 1 is 1.35 bits per heavy atom.